The zero-order valence-electron chi connectivity index (χ0n) is 24.3. The third-order valence-corrected chi connectivity index (χ3v) is 8.03. The number of halogens is 1. The molecule has 0 bridgehead atoms. The summed E-state index contributed by atoms with van der Waals surface area (Å²) in [7, 11) is 0. The molecule has 1 aliphatic rings. The second-order valence-corrected chi connectivity index (χ2v) is 11.2. The molecule has 3 aromatic carbocycles. The number of nitrogens with two attached hydrogens (primary N) is 1. The van der Waals surface area contributed by atoms with Crippen LogP contribution in [0.25, 0.3) is 0 Å². The number of rotatable bonds is 11. The van der Waals surface area contributed by atoms with Gasteiger partial charge in [-0.1, -0.05) is 85.5 Å². The van der Waals surface area contributed by atoms with Crippen LogP contribution in [-0.2, 0) is 11.2 Å². The van der Waals surface area contributed by atoms with Crippen molar-refractivity contribution in [3.63, 3.8) is 0 Å². The number of nitrogens with one attached hydrogen (secondary N) is 2. The van der Waals surface area contributed by atoms with Gasteiger partial charge in [-0.25, -0.2) is 4.39 Å². The molecule has 1 saturated heterocycles. The van der Waals surface area contributed by atoms with E-state index in [1.807, 2.05) is 44.2 Å². The highest BCUT2D eigenvalue weighted by atomic mass is 19.1. The average Bonchev–Trinajstić information content (AvgIpc) is 2.96. The summed E-state index contributed by atoms with van der Waals surface area (Å²) in [5.74, 6) is -1.71. The Hall–Kier alpha value is -3.77. The summed E-state index contributed by atoms with van der Waals surface area (Å²) in [6, 6.07) is 22.6. The van der Waals surface area contributed by atoms with Gasteiger partial charge in [-0.15, -0.1) is 0 Å². The smallest absolute Gasteiger partial charge is 0.251 e. The van der Waals surface area contributed by atoms with Gasteiger partial charge in [-0.05, 0) is 74.9 Å². The van der Waals surface area contributed by atoms with Crippen LogP contribution in [0.1, 0.15) is 78.9 Å². The van der Waals surface area contributed by atoms with E-state index in [1.54, 1.807) is 24.3 Å². The third kappa shape index (κ3) is 7.70. The maximum atomic E-state index is 14.0. The summed E-state index contributed by atoms with van der Waals surface area (Å²) >= 11 is 0. The van der Waals surface area contributed by atoms with Crippen LogP contribution in [0.2, 0.25) is 0 Å². The lowest BCUT2D eigenvalue weighted by Gasteiger charge is -2.43. The van der Waals surface area contributed by atoms with E-state index in [1.165, 1.54) is 23.3 Å². The van der Waals surface area contributed by atoms with Crippen molar-refractivity contribution in [2.45, 2.75) is 77.3 Å². The molecular weight excluding hydrogens is 513 g/mol. The van der Waals surface area contributed by atoms with Crippen molar-refractivity contribution in [2.24, 2.45) is 11.7 Å². The molecule has 4 rings (SSSR count). The van der Waals surface area contributed by atoms with E-state index >= 15 is 0 Å². The maximum Gasteiger partial charge on any atom is 0.251 e. The fraction of sp³-hybridized carbons (Fsp3) is 0.371. The molecule has 0 saturated carbocycles. The number of unbranched alkanes of at least 4 members (excludes halogenated alkanes) is 2. The molecule has 4 N–H and O–H groups in total. The van der Waals surface area contributed by atoms with E-state index in [0.717, 1.165) is 55.3 Å². The summed E-state index contributed by atoms with van der Waals surface area (Å²) in [4.78, 5) is 27.3. The van der Waals surface area contributed by atoms with Crippen molar-refractivity contribution >= 4 is 11.8 Å². The van der Waals surface area contributed by atoms with Crippen molar-refractivity contribution < 1.29 is 14.0 Å². The monoisotopic (exact) mass is 555 g/mol. The van der Waals surface area contributed by atoms with Crippen LogP contribution in [0.15, 0.2) is 90.1 Å². The molecule has 6 heteroatoms. The predicted octanol–water partition coefficient (Wildman–Crippen LogP) is 6.58. The van der Waals surface area contributed by atoms with Gasteiger partial charge in [0.25, 0.3) is 5.91 Å². The zero-order valence-corrected chi connectivity index (χ0v) is 24.3. The molecule has 1 fully saturated rings. The van der Waals surface area contributed by atoms with Crippen LogP contribution in [0, 0.1) is 18.7 Å². The molecule has 216 valence electrons. The highest BCUT2D eigenvalue weighted by Gasteiger charge is 2.45. The van der Waals surface area contributed by atoms with Crippen molar-refractivity contribution in [1.82, 2.24) is 10.6 Å². The molecule has 3 aromatic rings. The summed E-state index contributed by atoms with van der Waals surface area (Å²) in [6.07, 6.45) is 5.70. The Balaban J connectivity index is 1.77. The molecule has 1 heterocycles. The Kier molecular flexibility index (Phi) is 10.5. The van der Waals surface area contributed by atoms with Gasteiger partial charge < -0.3 is 16.4 Å². The zero-order chi connectivity index (χ0) is 29.4. The summed E-state index contributed by atoms with van der Waals surface area (Å²) in [6.45, 7) is 6.04. The largest absolute Gasteiger partial charge is 0.340 e. The number of aryl methyl sites for hydroxylation is 2. The molecule has 5 nitrogen and oxygen atoms in total. The molecule has 0 radical (unpaired) electrons. The van der Waals surface area contributed by atoms with Crippen LogP contribution in [-0.4, -0.2) is 23.9 Å². The van der Waals surface area contributed by atoms with Crippen LogP contribution in [0.3, 0.4) is 0 Å². The Bertz CT molecular complexity index is 1350. The molecule has 1 aliphatic heterocycles. The molecule has 2 unspecified atom stereocenters. The highest BCUT2D eigenvalue weighted by molar-refractivity contribution is 5.98. The Morgan fingerprint density at radius 2 is 1.73 bits per heavy atom. The lowest BCUT2D eigenvalue weighted by Crippen LogP contribution is -2.59. The average molecular weight is 556 g/mol. The molecule has 41 heavy (non-hydrogen) atoms. The summed E-state index contributed by atoms with van der Waals surface area (Å²) < 4.78 is 14.0. The number of hydrogen-bond donors (Lipinski definition) is 3. The second-order valence-electron chi connectivity index (χ2n) is 11.2. The van der Waals surface area contributed by atoms with Gasteiger partial charge in [-0.2, -0.15) is 0 Å². The SMILES string of the molecule is CCCCC/C(CCc1ccccc1)=C1/NC(=O)[C@@H](NC(=O)c2cccc(C)c2)[C@H](c2ccc(F)cc2)C1C(C)N. The topological polar surface area (TPSA) is 84.2 Å². The van der Waals surface area contributed by atoms with E-state index in [2.05, 4.69) is 29.7 Å². The number of piperidine rings is 1. The van der Waals surface area contributed by atoms with E-state index in [9.17, 15) is 14.0 Å². The predicted molar refractivity (Wildman–Crippen MR) is 163 cm³/mol. The Morgan fingerprint density at radius 3 is 2.39 bits per heavy atom. The minimum Gasteiger partial charge on any atom is -0.340 e. The standard InChI is InChI=1S/C35H42FN3O2/c1-4-5-7-14-27(17-16-25-12-8-6-9-13-25)32-30(24(3)37)31(26-18-20-29(36)21-19-26)33(35(41)38-32)39-34(40)28-15-10-11-23(2)22-28/h6,8-13,15,18-22,24,30-31,33H,4-5,7,14,16-17,37H2,1-3H3,(H,38,41)(H,39,40)/b32-27-/t24?,30?,31-,33+/m1/s1. The van der Waals surface area contributed by atoms with Gasteiger partial charge in [-0.3, -0.25) is 9.59 Å². The van der Waals surface area contributed by atoms with Gasteiger partial charge in [0.15, 0.2) is 0 Å². The van der Waals surface area contributed by atoms with E-state index in [4.69, 9.17) is 5.73 Å². The second kappa shape index (κ2) is 14.2. The third-order valence-electron chi connectivity index (χ3n) is 8.03. The Morgan fingerprint density at radius 1 is 1.00 bits per heavy atom. The molecule has 0 aromatic heterocycles. The van der Waals surface area contributed by atoms with E-state index < -0.39 is 12.0 Å². The molecule has 0 spiro atoms. The van der Waals surface area contributed by atoms with Gasteiger partial charge in [0, 0.05) is 29.1 Å². The lowest BCUT2D eigenvalue weighted by molar-refractivity contribution is -0.124. The van der Waals surface area contributed by atoms with Gasteiger partial charge >= 0.3 is 0 Å². The first-order valence-corrected chi connectivity index (χ1v) is 14.7. The van der Waals surface area contributed by atoms with Crippen LogP contribution in [0.4, 0.5) is 4.39 Å². The number of carbonyl (C=O) groups is 2. The van der Waals surface area contributed by atoms with E-state index in [0.29, 0.717) is 5.56 Å². The number of amides is 2. The fourth-order valence-electron chi connectivity index (χ4n) is 5.93. The summed E-state index contributed by atoms with van der Waals surface area (Å²) in [5.41, 5.74) is 12.2. The maximum absolute atomic E-state index is 14.0. The molecule has 0 aliphatic carbocycles. The van der Waals surface area contributed by atoms with Gasteiger partial charge in [0.2, 0.25) is 5.91 Å². The quantitative estimate of drug-likeness (QED) is 0.234. The van der Waals surface area contributed by atoms with Crippen molar-refractivity contribution in [3.05, 3.63) is 118 Å². The first-order valence-electron chi connectivity index (χ1n) is 14.7. The highest BCUT2D eigenvalue weighted by Crippen LogP contribution is 2.40. The first kappa shape index (κ1) is 30.2. The van der Waals surface area contributed by atoms with Crippen molar-refractivity contribution in [2.75, 3.05) is 0 Å². The van der Waals surface area contributed by atoms with Crippen molar-refractivity contribution in [1.29, 1.82) is 0 Å². The minimum atomic E-state index is -0.876. The van der Waals surface area contributed by atoms with E-state index in [-0.39, 0.29) is 29.6 Å². The lowest BCUT2D eigenvalue weighted by atomic mass is 9.71. The number of benzene rings is 3. The molecule has 2 amide bonds. The summed E-state index contributed by atoms with van der Waals surface area (Å²) in [5, 5.41) is 6.22. The number of carbonyl (C=O) groups excluding carboxylic acids is 2. The van der Waals surface area contributed by atoms with Crippen LogP contribution >= 0.6 is 0 Å². The van der Waals surface area contributed by atoms with Crippen LogP contribution in [0.5, 0.6) is 0 Å². The van der Waals surface area contributed by atoms with Crippen LogP contribution < -0.4 is 16.4 Å². The minimum absolute atomic E-state index is 0.278. The number of allylic oxidation sites excluding steroid dienone is 1. The first-order chi connectivity index (χ1) is 19.8. The van der Waals surface area contributed by atoms with Gasteiger partial charge in [0.05, 0.1) is 0 Å². The fourth-order valence-corrected chi connectivity index (χ4v) is 5.93. The van der Waals surface area contributed by atoms with Crippen molar-refractivity contribution in [3.8, 4) is 0 Å². The number of hydrogen-bond acceptors (Lipinski definition) is 3. The Labute approximate surface area is 243 Å². The normalized spacial score (nSPS) is 20.7. The molecule has 4 atom stereocenters. The van der Waals surface area contributed by atoms with Gasteiger partial charge in [0.1, 0.15) is 11.9 Å². The molecular formula is C35H42FN3O2.